The number of rotatable bonds is 4. The third-order valence-corrected chi connectivity index (χ3v) is 2.74. The van der Waals surface area contributed by atoms with E-state index in [0.29, 0.717) is 29.5 Å². The van der Waals surface area contributed by atoms with Crippen LogP contribution in [0.3, 0.4) is 0 Å². The van der Waals surface area contributed by atoms with Crippen molar-refractivity contribution < 1.29 is 8.81 Å². The molecule has 0 saturated carbocycles. The molecule has 0 unspecified atom stereocenters. The van der Waals surface area contributed by atoms with Crippen LogP contribution in [0.15, 0.2) is 28.8 Å². The van der Waals surface area contributed by atoms with Crippen molar-refractivity contribution in [1.29, 1.82) is 0 Å². The molecule has 0 saturated heterocycles. The molecule has 1 aromatic carbocycles. The molecule has 2 aromatic rings. The molecule has 0 N–H and O–H groups in total. The van der Waals surface area contributed by atoms with E-state index < -0.39 is 0 Å². The van der Waals surface area contributed by atoms with Crippen molar-refractivity contribution in [2.45, 2.75) is 19.8 Å². The van der Waals surface area contributed by atoms with Gasteiger partial charge < -0.3 is 4.42 Å². The summed E-state index contributed by atoms with van der Waals surface area (Å²) in [6.45, 7) is 1.85. The quantitative estimate of drug-likeness (QED) is 0.771. The molecule has 0 amide bonds. The van der Waals surface area contributed by atoms with Gasteiger partial charge in [-0.05, 0) is 31.0 Å². The molecule has 1 aromatic heterocycles. The van der Waals surface area contributed by atoms with E-state index in [4.69, 9.17) is 16.0 Å². The maximum atomic E-state index is 13.7. The van der Waals surface area contributed by atoms with Crippen LogP contribution in [0.1, 0.15) is 17.9 Å². The Kier molecular flexibility index (Phi) is 3.79. The number of oxazole rings is 1. The van der Waals surface area contributed by atoms with Gasteiger partial charge >= 0.3 is 0 Å². The summed E-state index contributed by atoms with van der Waals surface area (Å²) in [7, 11) is 0. The summed E-state index contributed by atoms with van der Waals surface area (Å²) in [5, 5.41) is 0. The third-order valence-electron chi connectivity index (χ3n) is 2.47. The van der Waals surface area contributed by atoms with Gasteiger partial charge in [-0.2, -0.15) is 0 Å². The van der Waals surface area contributed by atoms with Gasteiger partial charge in [-0.1, -0.05) is 6.07 Å². The number of aromatic nitrogens is 1. The highest BCUT2D eigenvalue weighted by atomic mass is 35.5. The molecule has 90 valence electrons. The van der Waals surface area contributed by atoms with E-state index >= 15 is 0 Å². The van der Waals surface area contributed by atoms with E-state index in [0.717, 1.165) is 12.0 Å². The van der Waals surface area contributed by atoms with Gasteiger partial charge in [0, 0.05) is 12.3 Å². The fourth-order valence-corrected chi connectivity index (χ4v) is 1.72. The normalized spacial score (nSPS) is 10.8. The summed E-state index contributed by atoms with van der Waals surface area (Å²) < 4.78 is 19.2. The van der Waals surface area contributed by atoms with Crippen molar-refractivity contribution in [3.63, 3.8) is 0 Å². The third kappa shape index (κ3) is 2.86. The average Bonchev–Trinajstić information content (AvgIpc) is 2.75. The standard InChI is InChI=1S/C13H13ClFNO/c1-9-4-5-10(11(15)7-9)12-8-16-13(17-12)3-2-6-14/h4-5,7-8H,2-3,6H2,1H3. The molecular formula is C13H13ClFNO. The first kappa shape index (κ1) is 12.1. The molecule has 0 aliphatic heterocycles. The van der Waals surface area contributed by atoms with Gasteiger partial charge in [0.25, 0.3) is 0 Å². The smallest absolute Gasteiger partial charge is 0.194 e. The Labute approximate surface area is 104 Å². The van der Waals surface area contributed by atoms with E-state index in [2.05, 4.69) is 4.98 Å². The molecule has 0 atom stereocenters. The summed E-state index contributed by atoms with van der Waals surface area (Å²) in [4.78, 5) is 4.10. The Morgan fingerprint density at radius 1 is 1.41 bits per heavy atom. The molecule has 1 heterocycles. The SMILES string of the molecule is Cc1ccc(-c2cnc(CCCCl)o2)c(F)c1. The number of nitrogens with zero attached hydrogens (tertiary/aromatic N) is 1. The lowest BCUT2D eigenvalue weighted by Crippen LogP contribution is -1.85. The van der Waals surface area contributed by atoms with E-state index in [9.17, 15) is 4.39 Å². The molecule has 0 fully saturated rings. The molecule has 2 rings (SSSR count). The van der Waals surface area contributed by atoms with Crippen molar-refractivity contribution in [1.82, 2.24) is 4.98 Å². The molecule has 0 aliphatic carbocycles. The number of hydrogen-bond acceptors (Lipinski definition) is 2. The van der Waals surface area contributed by atoms with Crippen LogP contribution in [0, 0.1) is 12.7 Å². The molecular weight excluding hydrogens is 241 g/mol. The van der Waals surface area contributed by atoms with E-state index in [1.165, 1.54) is 6.07 Å². The molecule has 2 nitrogen and oxygen atoms in total. The van der Waals surface area contributed by atoms with Crippen LogP contribution in [-0.4, -0.2) is 10.9 Å². The lowest BCUT2D eigenvalue weighted by molar-refractivity contribution is 0.499. The number of alkyl halides is 1. The fraction of sp³-hybridized carbons (Fsp3) is 0.308. The van der Waals surface area contributed by atoms with Gasteiger partial charge in [-0.3, -0.25) is 0 Å². The molecule has 4 heteroatoms. The zero-order chi connectivity index (χ0) is 12.3. The summed E-state index contributed by atoms with van der Waals surface area (Å²) in [6, 6.07) is 5.03. The summed E-state index contributed by atoms with van der Waals surface area (Å²) in [5.74, 6) is 1.34. The Morgan fingerprint density at radius 2 is 2.24 bits per heavy atom. The zero-order valence-electron chi connectivity index (χ0n) is 9.54. The Balaban J connectivity index is 2.24. The first-order valence-corrected chi connectivity index (χ1v) is 6.01. The molecule has 0 bridgehead atoms. The lowest BCUT2D eigenvalue weighted by Gasteiger charge is -2.00. The molecule has 0 radical (unpaired) electrons. The van der Waals surface area contributed by atoms with Crippen LogP contribution in [0.4, 0.5) is 4.39 Å². The highest BCUT2D eigenvalue weighted by molar-refractivity contribution is 6.17. The largest absolute Gasteiger partial charge is 0.441 e. The van der Waals surface area contributed by atoms with Gasteiger partial charge in [0.15, 0.2) is 11.7 Å². The van der Waals surface area contributed by atoms with E-state index in [1.54, 1.807) is 12.3 Å². The van der Waals surface area contributed by atoms with Crippen molar-refractivity contribution >= 4 is 11.6 Å². The molecule has 17 heavy (non-hydrogen) atoms. The van der Waals surface area contributed by atoms with Crippen LogP contribution in [0.25, 0.3) is 11.3 Å². The van der Waals surface area contributed by atoms with Crippen molar-refractivity contribution in [2.75, 3.05) is 5.88 Å². The van der Waals surface area contributed by atoms with Gasteiger partial charge in [0.05, 0.1) is 11.8 Å². The van der Waals surface area contributed by atoms with Crippen molar-refractivity contribution in [3.05, 3.63) is 41.7 Å². The van der Waals surface area contributed by atoms with Gasteiger partial charge in [-0.15, -0.1) is 11.6 Å². The molecule has 0 aliphatic rings. The maximum absolute atomic E-state index is 13.7. The second kappa shape index (κ2) is 5.32. The zero-order valence-corrected chi connectivity index (χ0v) is 10.3. The minimum absolute atomic E-state index is 0.287. The van der Waals surface area contributed by atoms with Crippen molar-refractivity contribution in [3.8, 4) is 11.3 Å². The van der Waals surface area contributed by atoms with Crippen LogP contribution in [-0.2, 0) is 6.42 Å². The maximum Gasteiger partial charge on any atom is 0.194 e. The number of halogens is 2. The predicted molar refractivity (Wildman–Crippen MR) is 65.7 cm³/mol. The van der Waals surface area contributed by atoms with Crippen molar-refractivity contribution in [2.24, 2.45) is 0 Å². The summed E-state index contributed by atoms with van der Waals surface area (Å²) in [6.07, 6.45) is 3.03. The van der Waals surface area contributed by atoms with Crippen LogP contribution in [0.2, 0.25) is 0 Å². The Bertz CT molecular complexity index is 510. The number of hydrogen-bond donors (Lipinski definition) is 0. The first-order valence-electron chi connectivity index (χ1n) is 5.48. The minimum Gasteiger partial charge on any atom is -0.441 e. The topological polar surface area (TPSA) is 26.0 Å². The summed E-state index contributed by atoms with van der Waals surface area (Å²) >= 11 is 5.59. The summed E-state index contributed by atoms with van der Waals surface area (Å²) in [5.41, 5.74) is 1.33. The monoisotopic (exact) mass is 253 g/mol. The second-order valence-electron chi connectivity index (χ2n) is 3.89. The Morgan fingerprint density at radius 3 is 2.94 bits per heavy atom. The van der Waals surface area contributed by atoms with Gasteiger partial charge in [0.1, 0.15) is 5.82 Å². The van der Waals surface area contributed by atoms with Gasteiger partial charge in [0.2, 0.25) is 0 Å². The second-order valence-corrected chi connectivity index (χ2v) is 4.27. The predicted octanol–water partition coefficient (Wildman–Crippen LogP) is 3.96. The minimum atomic E-state index is -0.287. The Hall–Kier alpha value is -1.35. The van der Waals surface area contributed by atoms with Crippen LogP contribution < -0.4 is 0 Å². The first-order chi connectivity index (χ1) is 8.20. The van der Waals surface area contributed by atoms with Crippen LogP contribution in [0.5, 0.6) is 0 Å². The fourth-order valence-electron chi connectivity index (χ4n) is 1.59. The van der Waals surface area contributed by atoms with E-state index in [1.807, 2.05) is 13.0 Å². The number of benzene rings is 1. The highest BCUT2D eigenvalue weighted by Crippen LogP contribution is 2.24. The van der Waals surface area contributed by atoms with Crippen LogP contribution >= 0.6 is 11.6 Å². The van der Waals surface area contributed by atoms with E-state index in [-0.39, 0.29) is 5.82 Å². The van der Waals surface area contributed by atoms with Gasteiger partial charge in [-0.25, -0.2) is 9.37 Å². The average molecular weight is 254 g/mol. The number of aryl methyl sites for hydroxylation is 2. The molecule has 0 spiro atoms. The lowest BCUT2D eigenvalue weighted by atomic mass is 10.1. The highest BCUT2D eigenvalue weighted by Gasteiger charge is 2.10.